The molecule has 2 nitrogen and oxygen atoms in total. The second-order valence-corrected chi connectivity index (χ2v) is 4.10. The minimum atomic E-state index is 1.19. The lowest BCUT2D eigenvalue weighted by atomic mass is 10.1. The zero-order valence-electron chi connectivity index (χ0n) is 8.62. The lowest BCUT2D eigenvalue weighted by Crippen LogP contribution is -1.70. The second-order valence-electron chi connectivity index (χ2n) is 4.10. The predicted octanol–water partition coefficient (Wildman–Crippen LogP) is 3.80. The third kappa shape index (κ3) is 0.865. The Morgan fingerprint density at radius 3 is 2.50 bits per heavy atom. The van der Waals surface area contributed by atoms with Gasteiger partial charge in [0, 0.05) is 38.9 Å². The average Bonchev–Trinajstić information content (AvgIpc) is 2.91. The molecule has 4 rings (SSSR count). The van der Waals surface area contributed by atoms with Gasteiger partial charge in [-0.05, 0) is 24.3 Å². The standard InChI is InChI=1S/C14H10N2/c1-2-4-12-9(3-1)14-10-7-8-15-11(10)5-6-13(14)16-12/h1-8,15-16H. The first-order chi connectivity index (χ1) is 7.93. The van der Waals surface area contributed by atoms with Crippen LogP contribution in [0.25, 0.3) is 32.7 Å². The molecule has 4 aromatic rings. The van der Waals surface area contributed by atoms with E-state index in [1.807, 2.05) is 6.20 Å². The summed E-state index contributed by atoms with van der Waals surface area (Å²) in [5, 5.41) is 3.90. The van der Waals surface area contributed by atoms with E-state index in [-0.39, 0.29) is 0 Å². The van der Waals surface area contributed by atoms with E-state index >= 15 is 0 Å². The smallest absolute Gasteiger partial charge is 0.0472 e. The molecule has 0 unspecified atom stereocenters. The van der Waals surface area contributed by atoms with Crippen molar-refractivity contribution in [2.75, 3.05) is 0 Å². The van der Waals surface area contributed by atoms with Crippen molar-refractivity contribution in [3.8, 4) is 0 Å². The van der Waals surface area contributed by atoms with Gasteiger partial charge in [-0.2, -0.15) is 0 Å². The summed E-state index contributed by atoms with van der Waals surface area (Å²) in [6.45, 7) is 0. The number of aromatic amines is 2. The Morgan fingerprint density at radius 2 is 1.50 bits per heavy atom. The summed E-state index contributed by atoms with van der Waals surface area (Å²) in [6.07, 6.45) is 1.99. The molecule has 76 valence electrons. The third-order valence-corrected chi connectivity index (χ3v) is 3.20. The highest BCUT2D eigenvalue weighted by atomic mass is 14.7. The third-order valence-electron chi connectivity index (χ3n) is 3.20. The van der Waals surface area contributed by atoms with Crippen molar-refractivity contribution in [3.63, 3.8) is 0 Å². The van der Waals surface area contributed by atoms with Crippen LogP contribution in [0.15, 0.2) is 48.7 Å². The normalized spacial score (nSPS) is 11.8. The summed E-state index contributed by atoms with van der Waals surface area (Å²) >= 11 is 0. The van der Waals surface area contributed by atoms with E-state index in [4.69, 9.17) is 0 Å². The van der Waals surface area contributed by atoms with Gasteiger partial charge in [-0.25, -0.2) is 0 Å². The summed E-state index contributed by atoms with van der Waals surface area (Å²) in [6, 6.07) is 14.8. The van der Waals surface area contributed by atoms with Crippen molar-refractivity contribution in [1.82, 2.24) is 9.97 Å². The van der Waals surface area contributed by atoms with E-state index in [0.717, 1.165) is 0 Å². The van der Waals surface area contributed by atoms with E-state index in [1.165, 1.54) is 32.7 Å². The molecule has 2 aromatic heterocycles. The monoisotopic (exact) mass is 206 g/mol. The summed E-state index contributed by atoms with van der Waals surface area (Å²) < 4.78 is 0. The molecule has 0 aliphatic heterocycles. The Balaban J connectivity index is 2.42. The highest BCUT2D eigenvalue weighted by Crippen LogP contribution is 2.31. The molecule has 0 aliphatic carbocycles. The molecule has 2 heterocycles. The summed E-state index contributed by atoms with van der Waals surface area (Å²) in [5.74, 6) is 0. The van der Waals surface area contributed by atoms with Gasteiger partial charge in [0.2, 0.25) is 0 Å². The number of rotatable bonds is 0. The number of hydrogen-bond donors (Lipinski definition) is 2. The van der Waals surface area contributed by atoms with Crippen LogP contribution in [0.2, 0.25) is 0 Å². The molecule has 0 amide bonds. The Kier molecular flexibility index (Phi) is 1.33. The van der Waals surface area contributed by atoms with Crippen molar-refractivity contribution >= 4 is 32.7 Å². The highest BCUT2D eigenvalue weighted by Gasteiger charge is 2.07. The first kappa shape index (κ1) is 7.99. The molecular weight excluding hydrogens is 196 g/mol. The molecule has 0 spiro atoms. The largest absolute Gasteiger partial charge is 0.361 e. The minimum Gasteiger partial charge on any atom is -0.361 e. The Labute approximate surface area is 91.9 Å². The lowest BCUT2D eigenvalue weighted by Gasteiger charge is -1.93. The van der Waals surface area contributed by atoms with Gasteiger partial charge in [0.25, 0.3) is 0 Å². The summed E-state index contributed by atoms with van der Waals surface area (Å²) in [4.78, 5) is 6.70. The van der Waals surface area contributed by atoms with E-state index in [1.54, 1.807) is 0 Å². The number of nitrogens with one attached hydrogen (secondary N) is 2. The summed E-state index contributed by atoms with van der Waals surface area (Å²) in [5.41, 5.74) is 3.59. The SMILES string of the molecule is c1ccc2c(c1)[nH]c1ccc3[nH]ccc3c12. The van der Waals surface area contributed by atoms with E-state index in [9.17, 15) is 0 Å². The molecule has 0 saturated carbocycles. The Hall–Kier alpha value is -2.22. The van der Waals surface area contributed by atoms with Gasteiger partial charge in [0.15, 0.2) is 0 Å². The first-order valence-electron chi connectivity index (χ1n) is 5.40. The molecule has 2 N–H and O–H groups in total. The predicted molar refractivity (Wildman–Crippen MR) is 67.7 cm³/mol. The van der Waals surface area contributed by atoms with E-state index in [2.05, 4.69) is 52.4 Å². The van der Waals surface area contributed by atoms with Crippen LogP contribution in [0.4, 0.5) is 0 Å². The molecule has 0 fully saturated rings. The molecular formula is C14H10N2. The van der Waals surface area contributed by atoms with Crippen LogP contribution in [-0.4, -0.2) is 9.97 Å². The van der Waals surface area contributed by atoms with Crippen molar-refractivity contribution < 1.29 is 0 Å². The highest BCUT2D eigenvalue weighted by molar-refractivity contribution is 6.19. The number of aromatic nitrogens is 2. The molecule has 0 radical (unpaired) electrons. The number of hydrogen-bond acceptors (Lipinski definition) is 0. The number of para-hydroxylation sites is 1. The fourth-order valence-corrected chi connectivity index (χ4v) is 2.48. The van der Waals surface area contributed by atoms with Gasteiger partial charge in [0.05, 0.1) is 0 Å². The minimum absolute atomic E-state index is 1.19. The fourth-order valence-electron chi connectivity index (χ4n) is 2.48. The number of fused-ring (bicyclic) bond motifs is 5. The fraction of sp³-hybridized carbons (Fsp3) is 0. The zero-order valence-corrected chi connectivity index (χ0v) is 8.62. The van der Waals surface area contributed by atoms with Crippen LogP contribution >= 0.6 is 0 Å². The van der Waals surface area contributed by atoms with Crippen LogP contribution in [0.5, 0.6) is 0 Å². The average molecular weight is 206 g/mol. The Bertz CT molecular complexity index is 805. The van der Waals surface area contributed by atoms with Crippen LogP contribution < -0.4 is 0 Å². The quantitative estimate of drug-likeness (QED) is 0.438. The molecule has 0 aliphatic rings. The molecule has 2 aromatic carbocycles. The molecule has 0 atom stereocenters. The van der Waals surface area contributed by atoms with Gasteiger partial charge < -0.3 is 9.97 Å². The van der Waals surface area contributed by atoms with Crippen LogP contribution in [0.1, 0.15) is 0 Å². The van der Waals surface area contributed by atoms with Crippen LogP contribution in [0, 0.1) is 0 Å². The van der Waals surface area contributed by atoms with Gasteiger partial charge in [0.1, 0.15) is 0 Å². The van der Waals surface area contributed by atoms with Crippen molar-refractivity contribution in [3.05, 3.63) is 48.7 Å². The lowest BCUT2D eigenvalue weighted by molar-refractivity contribution is 1.48. The Morgan fingerprint density at radius 1 is 0.688 bits per heavy atom. The van der Waals surface area contributed by atoms with Crippen molar-refractivity contribution in [1.29, 1.82) is 0 Å². The summed E-state index contributed by atoms with van der Waals surface area (Å²) in [7, 11) is 0. The van der Waals surface area contributed by atoms with Gasteiger partial charge in [-0.3, -0.25) is 0 Å². The van der Waals surface area contributed by atoms with Crippen LogP contribution in [0.3, 0.4) is 0 Å². The van der Waals surface area contributed by atoms with E-state index in [0.29, 0.717) is 0 Å². The van der Waals surface area contributed by atoms with Gasteiger partial charge in [-0.1, -0.05) is 18.2 Å². The van der Waals surface area contributed by atoms with Crippen molar-refractivity contribution in [2.45, 2.75) is 0 Å². The maximum absolute atomic E-state index is 3.45. The second kappa shape index (κ2) is 2.67. The van der Waals surface area contributed by atoms with Gasteiger partial charge >= 0.3 is 0 Å². The first-order valence-corrected chi connectivity index (χ1v) is 5.40. The van der Waals surface area contributed by atoms with Crippen LogP contribution in [-0.2, 0) is 0 Å². The molecule has 0 bridgehead atoms. The molecule has 0 saturated heterocycles. The maximum Gasteiger partial charge on any atom is 0.0472 e. The molecule has 2 heteroatoms. The van der Waals surface area contributed by atoms with Crippen molar-refractivity contribution in [2.24, 2.45) is 0 Å². The number of benzene rings is 2. The van der Waals surface area contributed by atoms with Gasteiger partial charge in [-0.15, -0.1) is 0 Å². The number of H-pyrrole nitrogens is 2. The molecule has 16 heavy (non-hydrogen) atoms. The van der Waals surface area contributed by atoms with E-state index < -0.39 is 0 Å². The zero-order chi connectivity index (χ0) is 10.5. The maximum atomic E-state index is 3.45. The topological polar surface area (TPSA) is 31.6 Å².